The third-order valence-electron chi connectivity index (χ3n) is 2.27. The van der Waals surface area contributed by atoms with Gasteiger partial charge in [-0.15, -0.1) is 0 Å². The molecular weight excluding hydrogens is 256 g/mol. The maximum Gasteiger partial charge on any atom is 0.0614 e. The van der Waals surface area contributed by atoms with E-state index in [0.29, 0.717) is 12.6 Å². The summed E-state index contributed by atoms with van der Waals surface area (Å²) < 4.78 is 0.996. The van der Waals surface area contributed by atoms with Crippen LogP contribution < -0.4 is 10.6 Å². The fourth-order valence-corrected chi connectivity index (χ4v) is 1.88. The minimum Gasteiger partial charge on any atom is -0.397 e. The first-order valence-electron chi connectivity index (χ1n) is 4.98. The average molecular weight is 273 g/mol. The zero-order chi connectivity index (χ0) is 11.4. The maximum atomic E-state index is 9.01. The topological polar surface area (TPSA) is 49.5 Å². The van der Waals surface area contributed by atoms with Gasteiger partial charge in [0.25, 0.3) is 0 Å². The van der Waals surface area contributed by atoms with Crippen LogP contribution in [-0.2, 0) is 0 Å². The average Bonchev–Trinajstić information content (AvgIpc) is 2.18. The van der Waals surface area contributed by atoms with Gasteiger partial charge in [0, 0.05) is 17.1 Å². The first-order valence-corrected chi connectivity index (χ1v) is 5.78. The van der Waals surface area contributed by atoms with Crippen molar-refractivity contribution in [2.45, 2.75) is 19.9 Å². The van der Waals surface area contributed by atoms with Crippen LogP contribution in [0.1, 0.15) is 13.8 Å². The predicted molar refractivity (Wildman–Crippen MR) is 68.1 cm³/mol. The molecule has 0 aliphatic carbocycles. The number of aliphatic hydroxyl groups excluding tert-OH is 1. The molecule has 1 rings (SSSR count). The van der Waals surface area contributed by atoms with Crippen molar-refractivity contribution in [2.75, 3.05) is 23.8 Å². The van der Waals surface area contributed by atoms with Crippen LogP contribution in [0, 0.1) is 0 Å². The van der Waals surface area contributed by atoms with Crippen LogP contribution in [-0.4, -0.2) is 24.3 Å². The Hall–Kier alpha value is -0.740. The van der Waals surface area contributed by atoms with E-state index in [2.05, 4.69) is 34.7 Å². The van der Waals surface area contributed by atoms with Crippen LogP contribution in [0.15, 0.2) is 22.7 Å². The maximum absolute atomic E-state index is 9.01. The Bertz CT molecular complexity index is 328. The summed E-state index contributed by atoms with van der Waals surface area (Å²) in [6.07, 6.45) is 0. The third-order valence-corrected chi connectivity index (χ3v) is 2.76. The first kappa shape index (κ1) is 12.3. The van der Waals surface area contributed by atoms with Crippen molar-refractivity contribution >= 4 is 27.3 Å². The molecule has 3 nitrogen and oxygen atoms in total. The lowest BCUT2D eigenvalue weighted by atomic mass is 10.2. The van der Waals surface area contributed by atoms with Gasteiger partial charge in [-0.05, 0) is 32.0 Å². The number of halogens is 1. The lowest BCUT2D eigenvalue weighted by molar-refractivity contribution is 0.299. The van der Waals surface area contributed by atoms with Crippen molar-refractivity contribution in [2.24, 2.45) is 0 Å². The highest BCUT2D eigenvalue weighted by Gasteiger charge is 2.12. The van der Waals surface area contributed by atoms with Crippen LogP contribution in [0.3, 0.4) is 0 Å². The molecule has 0 atom stereocenters. The molecule has 0 unspecified atom stereocenters. The predicted octanol–water partition coefficient (Wildman–Crippen LogP) is 2.24. The number of hydrogen-bond acceptors (Lipinski definition) is 3. The fraction of sp³-hybridized carbons (Fsp3) is 0.455. The zero-order valence-electron chi connectivity index (χ0n) is 9.07. The zero-order valence-corrected chi connectivity index (χ0v) is 10.7. The molecule has 15 heavy (non-hydrogen) atoms. The first-order chi connectivity index (χ1) is 7.06. The summed E-state index contributed by atoms with van der Waals surface area (Å²) in [6, 6.07) is 6.07. The number of nitrogens with two attached hydrogens (primary N) is 1. The van der Waals surface area contributed by atoms with Crippen molar-refractivity contribution in [1.82, 2.24) is 0 Å². The van der Waals surface area contributed by atoms with Crippen molar-refractivity contribution < 1.29 is 5.11 Å². The number of aliphatic hydroxyl groups is 1. The van der Waals surface area contributed by atoms with Crippen molar-refractivity contribution in [3.63, 3.8) is 0 Å². The van der Waals surface area contributed by atoms with E-state index in [4.69, 9.17) is 10.8 Å². The number of nitrogens with zero attached hydrogens (tertiary/aromatic N) is 1. The second kappa shape index (κ2) is 5.37. The van der Waals surface area contributed by atoms with Gasteiger partial charge in [0.1, 0.15) is 0 Å². The minimum atomic E-state index is 0.129. The van der Waals surface area contributed by atoms with E-state index in [1.54, 1.807) is 0 Å². The van der Waals surface area contributed by atoms with E-state index in [-0.39, 0.29) is 6.61 Å². The second-order valence-electron chi connectivity index (χ2n) is 3.71. The molecule has 0 fully saturated rings. The fourth-order valence-electron chi connectivity index (χ4n) is 1.53. The van der Waals surface area contributed by atoms with Crippen LogP contribution in [0.25, 0.3) is 0 Å². The summed E-state index contributed by atoms with van der Waals surface area (Å²) in [5.74, 6) is 0. The Morgan fingerprint density at radius 3 is 2.67 bits per heavy atom. The number of hydrogen-bond donors (Lipinski definition) is 2. The quantitative estimate of drug-likeness (QED) is 0.827. The lowest BCUT2D eigenvalue weighted by Gasteiger charge is -2.29. The van der Waals surface area contributed by atoms with Crippen LogP contribution in [0.2, 0.25) is 0 Å². The van der Waals surface area contributed by atoms with Gasteiger partial charge in [-0.2, -0.15) is 0 Å². The molecule has 0 bridgehead atoms. The van der Waals surface area contributed by atoms with Gasteiger partial charge in [-0.25, -0.2) is 0 Å². The smallest absolute Gasteiger partial charge is 0.0614 e. The summed E-state index contributed by atoms with van der Waals surface area (Å²) in [4.78, 5) is 2.08. The standard InChI is InChI=1S/C11H17BrN2O/c1-8(2)14(5-6-15)11-7-9(12)3-4-10(11)13/h3-4,7-8,15H,5-6,13H2,1-2H3. The Kier molecular flexibility index (Phi) is 4.42. The number of nitrogen functional groups attached to an aromatic ring is 1. The van der Waals surface area contributed by atoms with Gasteiger partial charge in [0.05, 0.1) is 18.0 Å². The molecule has 84 valence electrons. The van der Waals surface area contributed by atoms with Crippen LogP contribution in [0.4, 0.5) is 11.4 Å². The molecule has 0 aromatic heterocycles. The highest BCUT2D eigenvalue weighted by Crippen LogP contribution is 2.28. The molecule has 0 saturated heterocycles. The number of benzene rings is 1. The van der Waals surface area contributed by atoms with Crippen LogP contribution in [0.5, 0.6) is 0 Å². The monoisotopic (exact) mass is 272 g/mol. The highest BCUT2D eigenvalue weighted by molar-refractivity contribution is 9.10. The van der Waals surface area contributed by atoms with Gasteiger partial charge >= 0.3 is 0 Å². The van der Waals surface area contributed by atoms with Crippen molar-refractivity contribution in [3.8, 4) is 0 Å². The van der Waals surface area contributed by atoms with E-state index in [1.807, 2.05) is 18.2 Å². The van der Waals surface area contributed by atoms with Gasteiger partial charge in [0.15, 0.2) is 0 Å². The molecule has 4 heteroatoms. The van der Waals surface area contributed by atoms with Gasteiger partial charge < -0.3 is 15.7 Å². The number of rotatable bonds is 4. The molecule has 1 aromatic carbocycles. The van der Waals surface area contributed by atoms with Gasteiger partial charge in [0.2, 0.25) is 0 Å². The third kappa shape index (κ3) is 3.11. The lowest BCUT2D eigenvalue weighted by Crippen LogP contribution is -2.33. The Labute approximate surface area is 99.0 Å². The summed E-state index contributed by atoms with van der Waals surface area (Å²) >= 11 is 3.42. The number of anilines is 2. The van der Waals surface area contributed by atoms with E-state index in [1.165, 1.54) is 0 Å². The van der Waals surface area contributed by atoms with E-state index in [0.717, 1.165) is 15.8 Å². The summed E-state index contributed by atoms with van der Waals surface area (Å²) in [5.41, 5.74) is 7.62. The van der Waals surface area contributed by atoms with Crippen molar-refractivity contribution in [1.29, 1.82) is 0 Å². The molecule has 0 radical (unpaired) electrons. The summed E-state index contributed by atoms with van der Waals surface area (Å²) in [5, 5.41) is 9.01. The Morgan fingerprint density at radius 2 is 2.13 bits per heavy atom. The SMILES string of the molecule is CC(C)N(CCO)c1cc(Br)ccc1N. The summed E-state index contributed by atoms with van der Waals surface area (Å²) in [6.45, 7) is 4.88. The molecule has 0 aliphatic rings. The highest BCUT2D eigenvalue weighted by atomic mass is 79.9. The molecule has 0 aliphatic heterocycles. The van der Waals surface area contributed by atoms with E-state index < -0.39 is 0 Å². The molecule has 0 amide bonds. The second-order valence-corrected chi connectivity index (χ2v) is 4.63. The van der Waals surface area contributed by atoms with Gasteiger partial charge in [-0.3, -0.25) is 0 Å². The summed E-state index contributed by atoms with van der Waals surface area (Å²) in [7, 11) is 0. The van der Waals surface area contributed by atoms with E-state index in [9.17, 15) is 0 Å². The van der Waals surface area contributed by atoms with E-state index >= 15 is 0 Å². The molecule has 0 spiro atoms. The normalized spacial score (nSPS) is 10.7. The Balaban J connectivity index is 3.04. The molecule has 3 N–H and O–H groups in total. The van der Waals surface area contributed by atoms with Crippen molar-refractivity contribution in [3.05, 3.63) is 22.7 Å². The Morgan fingerprint density at radius 1 is 1.47 bits per heavy atom. The molecule has 0 saturated carbocycles. The van der Waals surface area contributed by atoms with Crippen LogP contribution >= 0.6 is 15.9 Å². The minimum absolute atomic E-state index is 0.129. The van der Waals surface area contributed by atoms with Gasteiger partial charge in [-0.1, -0.05) is 15.9 Å². The molecule has 0 heterocycles. The largest absolute Gasteiger partial charge is 0.397 e. The molecule has 1 aromatic rings. The molecular formula is C11H17BrN2O.